The van der Waals surface area contributed by atoms with Gasteiger partial charge in [0.05, 0.1) is 0 Å². The monoisotopic (exact) mass is 666 g/mol. The smallest absolute Gasteiger partial charge is 0.164 e. The lowest BCUT2D eigenvalue weighted by atomic mass is 9.86. The Morgan fingerprint density at radius 1 is 0.308 bits per heavy atom. The van der Waals surface area contributed by atoms with Crippen LogP contribution in [0.1, 0.15) is 11.4 Å². The van der Waals surface area contributed by atoms with Crippen LogP contribution in [-0.4, -0.2) is 19.9 Å². The van der Waals surface area contributed by atoms with Gasteiger partial charge in [-0.1, -0.05) is 152 Å². The molecule has 0 amide bonds. The van der Waals surface area contributed by atoms with Crippen molar-refractivity contribution < 1.29 is 0 Å². The summed E-state index contributed by atoms with van der Waals surface area (Å²) in [6, 6.07) is 59.5. The number of benzene rings is 7. The quantitative estimate of drug-likeness (QED) is 0.166. The van der Waals surface area contributed by atoms with Crippen molar-refractivity contribution in [2.24, 2.45) is 0 Å². The third kappa shape index (κ3) is 5.70. The van der Waals surface area contributed by atoms with Crippen molar-refractivity contribution in [3.8, 4) is 67.5 Å². The number of pyridine rings is 1. The summed E-state index contributed by atoms with van der Waals surface area (Å²) < 4.78 is 0. The van der Waals surface area contributed by atoms with E-state index in [4.69, 9.17) is 19.9 Å². The van der Waals surface area contributed by atoms with Crippen LogP contribution in [0.5, 0.6) is 0 Å². The van der Waals surface area contributed by atoms with Crippen LogP contribution in [-0.2, 0) is 0 Å². The van der Waals surface area contributed by atoms with Crippen LogP contribution >= 0.6 is 0 Å². The molecule has 4 heteroatoms. The molecule has 0 aliphatic heterocycles. The van der Waals surface area contributed by atoms with Gasteiger partial charge >= 0.3 is 0 Å². The van der Waals surface area contributed by atoms with Crippen molar-refractivity contribution in [1.82, 2.24) is 19.9 Å². The molecule has 0 bridgehead atoms. The summed E-state index contributed by atoms with van der Waals surface area (Å²) in [5.41, 5.74) is 11.7. The van der Waals surface area contributed by atoms with Crippen molar-refractivity contribution >= 4 is 21.5 Å². The van der Waals surface area contributed by atoms with E-state index in [0.29, 0.717) is 17.5 Å². The largest absolute Gasteiger partial charge is 0.258 e. The number of rotatable bonds is 6. The number of hydrogen-bond donors (Lipinski definition) is 0. The fourth-order valence-corrected chi connectivity index (χ4v) is 7.34. The van der Waals surface area contributed by atoms with Crippen LogP contribution in [0.3, 0.4) is 0 Å². The first-order valence-corrected chi connectivity index (χ1v) is 17.6. The minimum Gasteiger partial charge on any atom is -0.258 e. The molecule has 0 fully saturated rings. The van der Waals surface area contributed by atoms with Gasteiger partial charge in [0.2, 0.25) is 0 Å². The standard InChI is InChI=1S/C48H34N4/c1-31-27-28-39(32(2)49-31)35-19-13-21-37(29-35)47-50-46(34-17-7-4-8-18-34)51-48(52-47)38-22-14-20-36(30-38)45-42-25-11-9-23-40(42)44(33-15-5-3-6-16-33)41-24-10-12-26-43(41)45/h3-30H,1-2H3. The van der Waals surface area contributed by atoms with E-state index < -0.39 is 0 Å². The number of nitrogens with zero attached hydrogens (tertiary/aromatic N) is 4. The Morgan fingerprint density at radius 3 is 1.25 bits per heavy atom. The molecule has 7 aromatic carbocycles. The van der Waals surface area contributed by atoms with Crippen molar-refractivity contribution in [3.63, 3.8) is 0 Å². The second kappa shape index (κ2) is 13.2. The van der Waals surface area contributed by atoms with E-state index in [-0.39, 0.29) is 0 Å². The predicted molar refractivity (Wildman–Crippen MR) is 215 cm³/mol. The third-order valence-corrected chi connectivity index (χ3v) is 9.73. The van der Waals surface area contributed by atoms with Crippen molar-refractivity contribution in [1.29, 1.82) is 0 Å². The van der Waals surface area contributed by atoms with E-state index >= 15 is 0 Å². The highest BCUT2D eigenvalue weighted by Crippen LogP contribution is 2.44. The zero-order valence-corrected chi connectivity index (χ0v) is 29.0. The molecule has 0 spiro atoms. The summed E-state index contributed by atoms with van der Waals surface area (Å²) >= 11 is 0. The molecular weight excluding hydrogens is 633 g/mol. The lowest BCUT2D eigenvalue weighted by Crippen LogP contribution is -2.00. The van der Waals surface area contributed by atoms with Crippen LogP contribution in [0.4, 0.5) is 0 Å². The molecule has 52 heavy (non-hydrogen) atoms. The van der Waals surface area contributed by atoms with Crippen LogP contribution in [0, 0.1) is 13.8 Å². The highest BCUT2D eigenvalue weighted by molar-refractivity contribution is 6.21. The second-order valence-corrected chi connectivity index (χ2v) is 13.1. The number of aromatic nitrogens is 4. The Balaban J connectivity index is 1.23. The average Bonchev–Trinajstić information content (AvgIpc) is 3.20. The molecule has 0 saturated carbocycles. The summed E-state index contributed by atoms with van der Waals surface area (Å²) in [5, 5.41) is 4.86. The molecule has 4 nitrogen and oxygen atoms in total. The lowest BCUT2D eigenvalue weighted by molar-refractivity contribution is 1.07. The first kappa shape index (κ1) is 31.2. The van der Waals surface area contributed by atoms with Crippen molar-refractivity contribution in [3.05, 3.63) is 181 Å². The predicted octanol–water partition coefficient (Wildman–Crippen LogP) is 12.2. The molecule has 9 aromatic rings. The maximum absolute atomic E-state index is 5.15. The van der Waals surface area contributed by atoms with Gasteiger partial charge in [0.1, 0.15) is 0 Å². The van der Waals surface area contributed by atoms with Gasteiger partial charge in [0, 0.05) is 33.6 Å². The number of fused-ring (bicyclic) bond motifs is 2. The Labute approximate surface area is 303 Å². The molecule has 2 heterocycles. The maximum atomic E-state index is 5.15. The van der Waals surface area contributed by atoms with Gasteiger partial charge in [-0.2, -0.15) is 0 Å². The number of hydrogen-bond acceptors (Lipinski definition) is 4. The Kier molecular flexibility index (Phi) is 7.90. The van der Waals surface area contributed by atoms with E-state index in [9.17, 15) is 0 Å². The van der Waals surface area contributed by atoms with Gasteiger partial charge in [-0.25, -0.2) is 15.0 Å². The third-order valence-electron chi connectivity index (χ3n) is 9.73. The SMILES string of the molecule is Cc1ccc(-c2cccc(-c3nc(-c4ccccc4)nc(-c4cccc(-c5c6ccccc6c(-c6ccccc6)c6ccccc56)c4)n3)c2)c(C)n1. The summed E-state index contributed by atoms with van der Waals surface area (Å²) in [6.45, 7) is 4.07. The van der Waals surface area contributed by atoms with E-state index in [1.165, 1.54) is 38.2 Å². The number of aryl methyl sites for hydroxylation is 2. The molecule has 2 aromatic heterocycles. The van der Waals surface area contributed by atoms with Crippen LogP contribution in [0.25, 0.3) is 89.1 Å². The molecule has 0 saturated heterocycles. The first-order valence-electron chi connectivity index (χ1n) is 17.6. The zero-order chi connectivity index (χ0) is 35.0. The molecular formula is C48H34N4. The van der Waals surface area contributed by atoms with Gasteiger partial charge in [-0.05, 0) is 81.4 Å². The van der Waals surface area contributed by atoms with Crippen LogP contribution in [0.15, 0.2) is 170 Å². The van der Waals surface area contributed by atoms with Crippen molar-refractivity contribution in [2.45, 2.75) is 13.8 Å². The van der Waals surface area contributed by atoms with Gasteiger partial charge in [-0.3, -0.25) is 4.98 Å². The first-order chi connectivity index (χ1) is 25.6. The summed E-state index contributed by atoms with van der Waals surface area (Å²) in [4.78, 5) is 20.0. The van der Waals surface area contributed by atoms with Crippen LogP contribution < -0.4 is 0 Å². The normalized spacial score (nSPS) is 11.3. The summed E-state index contributed by atoms with van der Waals surface area (Å²) in [6.07, 6.45) is 0. The van der Waals surface area contributed by atoms with E-state index in [1.54, 1.807) is 0 Å². The summed E-state index contributed by atoms with van der Waals surface area (Å²) in [5.74, 6) is 1.88. The topological polar surface area (TPSA) is 51.6 Å². The molecule has 246 valence electrons. The molecule has 0 N–H and O–H groups in total. The Hall–Kier alpha value is -6.78. The molecule has 0 radical (unpaired) electrons. The molecule has 0 atom stereocenters. The van der Waals surface area contributed by atoms with E-state index in [1.807, 2.05) is 37.3 Å². The Morgan fingerprint density at radius 2 is 0.712 bits per heavy atom. The van der Waals surface area contributed by atoms with Crippen LogP contribution in [0.2, 0.25) is 0 Å². The molecule has 0 unspecified atom stereocenters. The maximum Gasteiger partial charge on any atom is 0.164 e. The van der Waals surface area contributed by atoms with E-state index in [0.717, 1.165) is 44.8 Å². The minimum absolute atomic E-state index is 0.622. The highest BCUT2D eigenvalue weighted by Gasteiger charge is 2.18. The van der Waals surface area contributed by atoms with Gasteiger partial charge in [0.15, 0.2) is 17.5 Å². The minimum atomic E-state index is 0.622. The van der Waals surface area contributed by atoms with E-state index in [2.05, 4.69) is 146 Å². The van der Waals surface area contributed by atoms with Crippen molar-refractivity contribution in [2.75, 3.05) is 0 Å². The van der Waals surface area contributed by atoms with Gasteiger partial charge in [0.25, 0.3) is 0 Å². The zero-order valence-electron chi connectivity index (χ0n) is 29.0. The summed E-state index contributed by atoms with van der Waals surface area (Å²) in [7, 11) is 0. The Bertz CT molecular complexity index is 2700. The van der Waals surface area contributed by atoms with Gasteiger partial charge in [-0.15, -0.1) is 0 Å². The fraction of sp³-hybridized carbons (Fsp3) is 0.0417. The molecule has 0 aliphatic carbocycles. The average molecular weight is 667 g/mol. The fourth-order valence-electron chi connectivity index (χ4n) is 7.34. The molecule has 9 rings (SSSR count). The molecule has 0 aliphatic rings. The lowest BCUT2D eigenvalue weighted by Gasteiger charge is -2.18. The van der Waals surface area contributed by atoms with Gasteiger partial charge < -0.3 is 0 Å². The second-order valence-electron chi connectivity index (χ2n) is 13.1. The highest BCUT2D eigenvalue weighted by atomic mass is 15.0.